The number of hydrogen-bond acceptors (Lipinski definition) is 5. The van der Waals surface area contributed by atoms with Gasteiger partial charge in [0, 0.05) is 26.8 Å². The molecule has 3 atom stereocenters. The third kappa shape index (κ3) is 3.73. The smallest absolute Gasteiger partial charge is 0.179 e. The summed E-state index contributed by atoms with van der Waals surface area (Å²) in [5.74, 6) is 1.62. The van der Waals surface area contributed by atoms with E-state index in [-0.39, 0.29) is 12.0 Å². The summed E-state index contributed by atoms with van der Waals surface area (Å²) in [7, 11) is -1.09. The number of aliphatic hydroxyl groups excluding tert-OH is 1. The van der Waals surface area contributed by atoms with Gasteiger partial charge in [0.1, 0.15) is 12.6 Å². The second kappa shape index (κ2) is 7.57. The fraction of sp³-hybridized carbons (Fsp3) is 0.650. The quantitative estimate of drug-likeness (QED) is 0.483. The lowest BCUT2D eigenvalue weighted by atomic mass is 9.93. The van der Waals surface area contributed by atoms with Crippen LogP contribution in [-0.4, -0.2) is 50.0 Å². The van der Waals surface area contributed by atoms with Crippen LogP contribution in [0.4, 0.5) is 0 Å². The summed E-state index contributed by atoms with van der Waals surface area (Å²) in [5, 5.41) is 19.0. The van der Waals surface area contributed by atoms with Crippen molar-refractivity contribution in [2.75, 3.05) is 6.61 Å². The molecule has 1 aliphatic carbocycles. The summed E-state index contributed by atoms with van der Waals surface area (Å²) in [4.78, 5) is 4.61. The second-order valence-corrected chi connectivity index (χ2v) is 14.9. The third-order valence-electron chi connectivity index (χ3n) is 5.92. The van der Waals surface area contributed by atoms with Gasteiger partial charge in [-0.1, -0.05) is 33.0 Å². The molecular formula is C20H31N5O2Si. The Morgan fingerprint density at radius 2 is 2.07 bits per heavy atom. The molecule has 0 bridgehead atoms. The number of nitrogens with zero attached hydrogens (tertiary/aromatic N) is 5. The van der Waals surface area contributed by atoms with Crippen molar-refractivity contribution in [2.24, 2.45) is 5.92 Å². The molecule has 0 radical (unpaired) electrons. The van der Waals surface area contributed by atoms with Crippen LogP contribution in [0.3, 0.4) is 0 Å². The molecule has 1 aliphatic rings. The fourth-order valence-corrected chi connectivity index (χ4v) is 5.03. The first kappa shape index (κ1) is 19.5. The Labute approximate surface area is 166 Å². The van der Waals surface area contributed by atoms with E-state index in [1.807, 2.05) is 10.8 Å². The van der Waals surface area contributed by atoms with Gasteiger partial charge in [-0.15, -0.1) is 10.2 Å². The van der Waals surface area contributed by atoms with E-state index in [1.54, 1.807) is 6.20 Å². The molecule has 8 heteroatoms. The van der Waals surface area contributed by atoms with Gasteiger partial charge in [-0.2, -0.15) is 0 Å². The molecule has 0 spiro atoms. The van der Waals surface area contributed by atoms with E-state index >= 15 is 0 Å². The predicted octanol–water partition coefficient (Wildman–Crippen LogP) is 3.66. The minimum Gasteiger partial charge on any atom is -0.393 e. The minimum atomic E-state index is -1.09. The maximum absolute atomic E-state index is 10.2. The molecule has 3 heterocycles. The molecule has 0 aromatic carbocycles. The van der Waals surface area contributed by atoms with Gasteiger partial charge < -0.3 is 14.4 Å². The fourth-order valence-electron chi connectivity index (χ4n) is 4.27. The van der Waals surface area contributed by atoms with Crippen LogP contribution in [0.5, 0.6) is 0 Å². The van der Waals surface area contributed by atoms with Gasteiger partial charge in [0.05, 0.1) is 17.8 Å². The average Bonchev–Trinajstić information content (AvgIpc) is 3.33. The van der Waals surface area contributed by atoms with Crippen molar-refractivity contribution < 1.29 is 9.84 Å². The van der Waals surface area contributed by atoms with Crippen LogP contribution in [0.1, 0.15) is 37.9 Å². The van der Waals surface area contributed by atoms with Crippen molar-refractivity contribution in [3.05, 3.63) is 24.3 Å². The van der Waals surface area contributed by atoms with Crippen molar-refractivity contribution >= 4 is 24.9 Å². The highest BCUT2D eigenvalue weighted by Gasteiger charge is 2.36. The molecule has 7 nitrogen and oxygen atoms in total. The Bertz CT molecular complexity index is 961. The van der Waals surface area contributed by atoms with E-state index in [2.05, 4.69) is 52.2 Å². The Morgan fingerprint density at radius 3 is 2.82 bits per heavy atom. The van der Waals surface area contributed by atoms with Gasteiger partial charge in [0.25, 0.3) is 0 Å². The standard InChI is InChI=1S/C20H31N5O2Si/c1-5-14-10-15(26)11-16(14)19-23-22-18-12-21-20-17(25(18)19)6-7-24(20)13-27-8-9-28(2,3)4/h6-7,12,14-16,26H,5,8-11,13H2,1-4H3. The Kier molecular flexibility index (Phi) is 5.28. The van der Waals surface area contributed by atoms with E-state index in [1.165, 1.54) is 0 Å². The molecule has 3 aromatic rings. The Hall–Kier alpha value is -1.77. The van der Waals surface area contributed by atoms with Crippen LogP contribution in [0.2, 0.25) is 25.7 Å². The molecule has 3 aromatic heterocycles. The van der Waals surface area contributed by atoms with E-state index in [0.717, 1.165) is 54.5 Å². The minimum absolute atomic E-state index is 0.233. The first-order valence-electron chi connectivity index (χ1n) is 10.3. The molecule has 0 aliphatic heterocycles. The number of fused-ring (bicyclic) bond motifs is 3. The zero-order chi connectivity index (χ0) is 19.9. The van der Waals surface area contributed by atoms with Gasteiger partial charge in [0.15, 0.2) is 11.3 Å². The molecule has 28 heavy (non-hydrogen) atoms. The topological polar surface area (TPSA) is 77.5 Å². The van der Waals surface area contributed by atoms with Crippen LogP contribution in [0.25, 0.3) is 16.8 Å². The molecule has 1 N–H and O–H groups in total. The van der Waals surface area contributed by atoms with E-state index in [9.17, 15) is 5.11 Å². The third-order valence-corrected chi connectivity index (χ3v) is 7.63. The largest absolute Gasteiger partial charge is 0.393 e. The van der Waals surface area contributed by atoms with Crippen molar-refractivity contribution in [3.63, 3.8) is 0 Å². The van der Waals surface area contributed by atoms with Gasteiger partial charge in [-0.3, -0.25) is 4.40 Å². The zero-order valence-electron chi connectivity index (χ0n) is 17.3. The molecular weight excluding hydrogens is 370 g/mol. The zero-order valence-corrected chi connectivity index (χ0v) is 18.3. The lowest BCUT2D eigenvalue weighted by molar-refractivity contribution is 0.0899. The summed E-state index contributed by atoms with van der Waals surface area (Å²) in [6, 6.07) is 3.22. The predicted molar refractivity (Wildman–Crippen MR) is 112 cm³/mol. The molecule has 1 saturated carbocycles. The van der Waals surface area contributed by atoms with Crippen LogP contribution in [-0.2, 0) is 11.5 Å². The Morgan fingerprint density at radius 1 is 1.25 bits per heavy atom. The number of ether oxygens (including phenoxy) is 1. The summed E-state index contributed by atoms with van der Waals surface area (Å²) in [6.07, 6.45) is 6.19. The Balaban J connectivity index is 1.63. The highest BCUT2D eigenvalue weighted by atomic mass is 28.3. The first-order valence-corrected chi connectivity index (χ1v) is 14.0. The van der Waals surface area contributed by atoms with Crippen molar-refractivity contribution in [3.8, 4) is 0 Å². The molecule has 1 fully saturated rings. The van der Waals surface area contributed by atoms with Crippen LogP contribution in [0.15, 0.2) is 18.5 Å². The van der Waals surface area contributed by atoms with Gasteiger partial charge in [-0.05, 0) is 30.9 Å². The second-order valence-electron chi connectivity index (χ2n) is 9.25. The van der Waals surface area contributed by atoms with E-state index in [0.29, 0.717) is 12.6 Å². The van der Waals surface area contributed by atoms with E-state index in [4.69, 9.17) is 4.74 Å². The van der Waals surface area contributed by atoms with Crippen LogP contribution < -0.4 is 0 Å². The maximum atomic E-state index is 10.2. The van der Waals surface area contributed by atoms with Gasteiger partial charge >= 0.3 is 0 Å². The summed E-state index contributed by atoms with van der Waals surface area (Å²) in [5.41, 5.74) is 2.65. The molecule has 0 saturated heterocycles. The van der Waals surface area contributed by atoms with Crippen LogP contribution in [0, 0.1) is 5.92 Å². The maximum Gasteiger partial charge on any atom is 0.179 e. The summed E-state index contributed by atoms with van der Waals surface area (Å²) in [6.45, 7) is 10.5. The SMILES string of the molecule is CCC1CC(O)CC1c1nnc2cnc3c(ccn3COCC[Si](C)(C)C)n12. The normalized spacial score (nSPS) is 23.2. The number of aromatic nitrogens is 5. The molecule has 0 amide bonds. The monoisotopic (exact) mass is 401 g/mol. The summed E-state index contributed by atoms with van der Waals surface area (Å²) >= 11 is 0. The lowest BCUT2D eigenvalue weighted by Crippen LogP contribution is -2.22. The van der Waals surface area contributed by atoms with E-state index < -0.39 is 8.07 Å². The van der Waals surface area contributed by atoms with Crippen molar-refractivity contribution in [1.82, 2.24) is 24.1 Å². The lowest BCUT2D eigenvalue weighted by Gasteiger charge is -2.16. The molecule has 152 valence electrons. The van der Waals surface area contributed by atoms with Crippen LogP contribution >= 0.6 is 0 Å². The van der Waals surface area contributed by atoms with Crippen molar-refractivity contribution in [2.45, 2.75) is 70.6 Å². The molecule has 3 unspecified atom stereocenters. The van der Waals surface area contributed by atoms with Gasteiger partial charge in [-0.25, -0.2) is 4.98 Å². The average molecular weight is 402 g/mol. The highest BCUT2D eigenvalue weighted by molar-refractivity contribution is 6.76. The van der Waals surface area contributed by atoms with Crippen molar-refractivity contribution in [1.29, 1.82) is 0 Å². The summed E-state index contributed by atoms with van der Waals surface area (Å²) < 4.78 is 10.1. The number of aliphatic hydroxyl groups is 1. The number of hydrogen-bond donors (Lipinski definition) is 1. The van der Waals surface area contributed by atoms with Gasteiger partial charge in [0.2, 0.25) is 0 Å². The number of rotatable bonds is 7. The highest BCUT2D eigenvalue weighted by Crippen LogP contribution is 2.41. The first-order chi connectivity index (χ1) is 13.4. The molecule has 4 rings (SSSR count).